The summed E-state index contributed by atoms with van der Waals surface area (Å²) in [5.74, 6) is -0.697. The van der Waals surface area contributed by atoms with E-state index in [0.29, 0.717) is 5.69 Å². The number of hydrogen-bond donors (Lipinski definition) is 1. The van der Waals surface area contributed by atoms with Gasteiger partial charge in [-0.2, -0.15) is 9.57 Å². The minimum atomic E-state index is -3.69. The number of aromatic nitrogens is 1. The van der Waals surface area contributed by atoms with Gasteiger partial charge in [-0.25, -0.2) is 13.2 Å². The molecule has 1 aliphatic rings. The zero-order chi connectivity index (χ0) is 21.3. The van der Waals surface area contributed by atoms with E-state index < -0.39 is 16.0 Å². The Kier molecular flexibility index (Phi) is 5.66. The summed E-state index contributed by atoms with van der Waals surface area (Å²) < 4.78 is 39.1. The number of esters is 1. The van der Waals surface area contributed by atoms with Crippen LogP contribution in [0.3, 0.4) is 0 Å². The van der Waals surface area contributed by atoms with E-state index in [4.69, 9.17) is 15.2 Å². The lowest BCUT2D eigenvalue weighted by Crippen LogP contribution is -2.48. The van der Waals surface area contributed by atoms with Gasteiger partial charge in [0.2, 0.25) is 10.0 Å². The van der Waals surface area contributed by atoms with Gasteiger partial charge in [-0.15, -0.1) is 0 Å². The average Bonchev–Trinajstić information content (AvgIpc) is 3.03. The van der Waals surface area contributed by atoms with Gasteiger partial charge >= 0.3 is 5.97 Å². The van der Waals surface area contributed by atoms with E-state index in [1.54, 1.807) is 12.1 Å². The number of nitrogens with zero attached hydrogens (tertiary/aromatic N) is 3. The summed E-state index contributed by atoms with van der Waals surface area (Å²) in [5.41, 5.74) is 6.51. The SMILES string of the molecule is COC(=O)c1c(N)c(C#N)cn1-c1ccc(S(=O)(=O)N2CC(C)OC(C)C2)cc1. The molecule has 0 radical (unpaired) electrons. The van der Waals surface area contributed by atoms with E-state index in [1.165, 1.54) is 34.3 Å². The van der Waals surface area contributed by atoms with E-state index in [2.05, 4.69) is 0 Å². The second-order valence-corrected chi connectivity index (χ2v) is 8.79. The summed E-state index contributed by atoms with van der Waals surface area (Å²) in [5, 5.41) is 9.20. The van der Waals surface area contributed by atoms with Crippen LogP contribution in [0.2, 0.25) is 0 Å². The van der Waals surface area contributed by atoms with Crippen molar-refractivity contribution in [3.63, 3.8) is 0 Å². The Labute approximate surface area is 169 Å². The first-order chi connectivity index (χ1) is 13.7. The van der Waals surface area contributed by atoms with E-state index in [1.807, 2.05) is 19.9 Å². The molecule has 9 nitrogen and oxygen atoms in total. The fraction of sp³-hybridized carbons (Fsp3) is 0.368. The Bertz CT molecular complexity index is 1060. The molecule has 10 heteroatoms. The number of nitrogens with two attached hydrogens (primary N) is 1. The number of nitrogen functional groups attached to an aromatic ring is 1. The number of benzene rings is 1. The molecule has 154 valence electrons. The van der Waals surface area contributed by atoms with Gasteiger partial charge in [0.25, 0.3) is 0 Å². The van der Waals surface area contributed by atoms with Crippen molar-refractivity contribution < 1.29 is 22.7 Å². The summed E-state index contributed by atoms with van der Waals surface area (Å²) in [4.78, 5) is 12.2. The number of carbonyl (C=O) groups is 1. The molecular formula is C19H22N4O5S. The zero-order valence-electron chi connectivity index (χ0n) is 16.3. The van der Waals surface area contributed by atoms with Crippen molar-refractivity contribution in [1.82, 2.24) is 8.87 Å². The van der Waals surface area contributed by atoms with E-state index >= 15 is 0 Å². The number of sulfonamides is 1. The Hall–Kier alpha value is -2.87. The predicted octanol–water partition coefficient (Wildman–Crippen LogP) is 1.52. The number of nitriles is 1. The van der Waals surface area contributed by atoms with Crippen molar-refractivity contribution in [3.8, 4) is 11.8 Å². The maximum Gasteiger partial charge on any atom is 0.357 e. The lowest BCUT2D eigenvalue weighted by molar-refractivity contribution is -0.0440. The van der Waals surface area contributed by atoms with Gasteiger partial charge in [-0.3, -0.25) is 0 Å². The number of methoxy groups -OCH3 is 1. The van der Waals surface area contributed by atoms with Crippen LogP contribution in [-0.4, -0.2) is 55.7 Å². The van der Waals surface area contributed by atoms with Crippen LogP contribution in [0.1, 0.15) is 29.9 Å². The monoisotopic (exact) mass is 418 g/mol. The highest BCUT2D eigenvalue weighted by Crippen LogP contribution is 2.27. The van der Waals surface area contributed by atoms with E-state index in [-0.39, 0.29) is 47.1 Å². The molecule has 2 unspecified atom stereocenters. The molecule has 0 bridgehead atoms. The van der Waals surface area contributed by atoms with Crippen LogP contribution < -0.4 is 5.73 Å². The molecule has 1 fully saturated rings. The lowest BCUT2D eigenvalue weighted by Gasteiger charge is -2.34. The maximum absolute atomic E-state index is 13.0. The third kappa shape index (κ3) is 3.85. The van der Waals surface area contributed by atoms with Gasteiger partial charge < -0.3 is 19.8 Å². The summed E-state index contributed by atoms with van der Waals surface area (Å²) in [6, 6.07) is 7.94. The molecule has 2 aromatic rings. The molecule has 1 saturated heterocycles. The number of carbonyl (C=O) groups excluding carboxylic acids is 1. The second-order valence-electron chi connectivity index (χ2n) is 6.85. The van der Waals surface area contributed by atoms with Gasteiger partial charge in [0.05, 0.1) is 35.5 Å². The largest absolute Gasteiger partial charge is 0.464 e. The number of ether oxygens (including phenoxy) is 2. The Balaban J connectivity index is 1.97. The van der Waals surface area contributed by atoms with Crippen molar-refractivity contribution >= 4 is 21.7 Å². The molecule has 0 spiro atoms. The van der Waals surface area contributed by atoms with Crippen molar-refractivity contribution in [2.24, 2.45) is 0 Å². The second kappa shape index (κ2) is 7.87. The Morgan fingerprint density at radius 1 is 1.24 bits per heavy atom. The fourth-order valence-corrected chi connectivity index (χ4v) is 4.96. The fourth-order valence-electron chi connectivity index (χ4n) is 3.37. The normalized spacial score (nSPS) is 20.2. The third-order valence-electron chi connectivity index (χ3n) is 4.68. The van der Waals surface area contributed by atoms with Crippen molar-refractivity contribution in [1.29, 1.82) is 5.26 Å². The molecule has 2 atom stereocenters. The van der Waals surface area contributed by atoms with Crippen LogP contribution >= 0.6 is 0 Å². The van der Waals surface area contributed by atoms with Gasteiger partial charge in [-0.1, -0.05) is 0 Å². The first-order valence-electron chi connectivity index (χ1n) is 8.94. The molecule has 0 amide bonds. The van der Waals surface area contributed by atoms with Crippen molar-refractivity contribution in [2.45, 2.75) is 31.0 Å². The summed E-state index contributed by atoms with van der Waals surface area (Å²) in [6.45, 7) is 4.22. The Morgan fingerprint density at radius 3 is 2.34 bits per heavy atom. The molecule has 0 saturated carbocycles. The summed E-state index contributed by atoms with van der Waals surface area (Å²) >= 11 is 0. The van der Waals surface area contributed by atoms with Crippen LogP contribution in [0.25, 0.3) is 5.69 Å². The highest BCUT2D eigenvalue weighted by atomic mass is 32.2. The number of rotatable bonds is 4. The average molecular weight is 418 g/mol. The zero-order valence-corrected chi connectivity index (χ0v) is 17.1. The molecule has 1 aromatic carbocycles. The number of hydrogen-bond acceptors (Lipinski definition) is 7. The van der Waals surface area contributed by atoms with Gasteiger partial charge in [-0.05, 0) is 38.1 Å². The first-order valence-corrected chi connectivity index (χ1v) is 10.4. The third-order valence-corrected chi connectivity index (χ3v) is 6.53. The predicted molar refractivity (Wildman–Crippen MR) is 105 cm³/mol. The van der Waals surface area contributed by atoms with Crippen LogP contribution in [0, 0.1) is 11.3 Å². The van der Waals surface area contributed by atoms with Crippen molar-refractivity contribution in [2.75, 3.05) is 25.9 Å². The maximum atomic E-state index is 13.0. The molecule has 1 aromatic heterocycles. The van der Waals surface area contributed by atoms with Gasteiger partial charge in [0.15, 0.2) is 5.69 Å². The lowest BCUT2D eigenvalue weighted by atomic mass is 10.2. The number of morpholine rings is 1. The molecular weight excluding hydrogens is 396 g/mol. The van der Waals surface area contributed by atoms with Crippen LogP contribution in [0.5, 0.6) is 0 Å². The minimum absolute atomic E-state index is 0.00680. The minimum Gasteiger partial charge on any atom is -0.464 e. The van der Waals surface area contributed by atoms with E-state index in [9.17, 15) is 18.5 Å². The van der Waals surface area contributed by atoms with Crippen LogP contribution in [0.4, 0.5) is 5.69 Å². The van der Waals surface area contributed by atoms with Gasteiger partial charge in [0.1, 0.15) is 6.07 Å². The van der Waals surface area contributed by atoms with E-state index in [0.717, 1.165) is 0 Å². The Morgan fingerprint density at radius 2 is 1.83 bits per heavy atom. The standard InChI is InChI=1S/C19H22N4O5S/c1-12-9-22(10-13(2)28-12)29(25,26)16-6-4-15(5-7-16)23-11-14(8-20)17(21)18(23)19(24)27-3/h4-7,11-13H,9-10,21H2,1-3H3. The first kappa shape index (κ1) is 20.9. The molecule has 29 heavy (non-hydrogen) atoms. The quantitative estimate of drug-likeness (QED) is 0.746. The number of anilines is 1. The molecule has 0 aliphatic carbocycles. The van der Waals surface area contributed by atoms with Crippen molar-refractivity contribution in [3.05, 3.63) is 41.7 Å². The highest BCUT2D eigenvalue weighted by molar-refractivity contribution is 7.89. The summed E-state index contributed by atoms with van der Waals surface area (Å²) in [6.07, 6.45) is 1.03. The molecule has 3 rings (SSSR count). The summed E-state index contributed by atoms with van der Waals surface area (Å²) in [7, 11) is -2.48. The van der Waals surface area contributed by atoms with Crippen LogP contribution in [0.15, 0.2) is 35.4 Å². The molecule has 2 heterocycles. The smallest absolute Gasteiger partial charge is 0.357 e. The van der Waals surface area contributed by atoms with Gasteiger partial charge in [0, 0.05) is 25.0 Å². The highest BCUT2D eigenvalue weighted by Gasteiger charge is 2.32. The van der Waals surface area contributed by atoms with Crippen LogP contribution in [-0.2, 0) is 19.5 Å². The molecule has 2 N–H and O–H groups in total. The topological polar surface area (TPSA) is 128 Å². The molecule has 1 aliphatic heterocycles.